The number of likely N-dealkylation sites (tertiary alicyclic amines) is 1. The zero-order valence-corrected chi connectivity index (χ0v) is 17.3. The van der Waals surface area contributed by atoms with E-state index < -0.39 is 5.54 Å². The average Bonchev–Trinajstić information content (AvgIpc) is 3.18. The van der Waals surface area contributed by atoms with Crippen LogP contribution in [0.5, 0.6) is 0 Å². The zero-order chi connectivity index (χ0) is 21.1. The van der Waals surface area contributed by atoms with Crippen molar-refractivity contribution in [3.8, 4) is 0 Å². The van der Waals surface area contributed by atoms with Gasteiger partial charge >= 0.3 is 0 Å². The lowest BCUT2D eigenvalue weighted by Crippen LogP contribution is -2.69. The van der Waals surface area contributed by atoms with Crippen LogP contribution in [0.4, 0.5) is 0 Å². The number of carbonyl (C=O) groups excluding carboxylic acids is 2. The van der Waals surface area contributed by atoms with E-state index in [4.69, 9.17) is 0 Å². The normalized spacial score (nSPS) is 15.9. The Morgan fingerprint density at radius 3 is 2.30 bits per heavy atom. The van der Waals surface area contributed by atoms with Crippen molar-refractivity contribution in [3.63, 3.8) is 0 Å². The summed E-state index contributed by atoms with van der Waals surface area (Å²) in [7, 11) is 0. The molecule has 1 fully saturated rings. The predicted octanol–water partition coefficient (Wildman–Crippen LogP) is 3.38. The molecule has 1 aromatic heterocycles. The van der Waals surface area contributed by atoms with E-state index in [0.29, 0.717) is 25.1 Å². The molecular formula is C24H26N4O2. The summed E-state index contributed by atoms with van der Waals surface area (Å²) < 4.78 is 0. The molecule has 2 N–H and O–H groups in total. The number of nitrogens with one attached hydrogen (secondary N) is 2. The summed E-state index contributed by atoms with van der Waals surface area (Å²) in [5.41, 5.74) is 2.74. The van der Waals surface area contributed by atoms with Crippen LogP contribution in [0.15, 0.2) is 66.9 Å². The summed E-state index contributed by atoms with van der Waals surface area (Å²) in [6, 6.07) is 19.7. The zero-order valence-electron chi connectivity index (χ0n) is 17.3. The number of hydrogen-bond acceptors (Lipinski definition) is 3. The van der Waals surface area contributed by atoms with Gasteiger partial charge in [0.2, 0.25) is 5.91 Å². The van der Waals surface area contributed by atoms with E-state index >= 15 is 0 Å². The monoisotopic (exact) mass is 402 g/mol. The molecule has 0 radical (unpaired) electrons. The number of H-pyrrole nitrogens is 1. The number of hydrogen-bond donors (Lipinski definition) is 2. The summed E-state index contributed by atoms with van der Waals surface area (Å²) in [5.74, 6) is -0.316. The standard InChI is InChI=1S/C24H26N4O2/c1-3-20(18-10-6-4-7-11-18)22(29)26-24(19-12-8-5-9-13-19)15-28(16-24)23(30)21-14-25-27-17(21)2/h4-14,20H,3,15-16H2,1-2H3,(H,25,27)(H,26,29). The Hall–Kier alpha value is -3.41. The SMILES string of the molecule is CCC(C(=O)NC1(c2ccccc2)CN(C(=O)c2cn[nH]c2C)C1)c1ccccc1. The van der Waals surface area contributed by atoms with Crippen molar-refractivity contribution < 1.29 is 9.59 Å². The Labute approximate surface area is 176 Å². The fourth-order valence-corrected chi connectivity index (χ4v) is 4.16. The van der Waals surface area contributed by atoms with E-state index in [9.17, 15) is 9.59 Å². The minimum atomic E-state index is -0.589. The number of amides is 2. The van der Waals surface area contributed by atoms with Crippen LogP contribution in [0, 0.1) is 6.92 Å². The molecule has 2 amide bonds. The van der Waals surface area contributed by atoms with Crippen LogP contribution in [-0.2, 0) is 10.3 Å². The number of rotatable bonds is 6. The molecule has 6 nitrogen and oxygen atoms in total. The molecule has 0 saturated carbocycles. The van der Waals surface area contributed by atoms with Crippen LogP contribution in [0.2, 0.25) is 0 Å². The van der Waals surface area contributed by atoms with Gasteiger partial charge < -0.3 is 10.2 Å². The fourth-order valence-electron chi connectivity index (χ4n) is 4.16. The lowest BCUT2D eigenvalue weighted by molar-refractivity contribution is -0.127. The van der Waals surface area contributed by atoms with Crippen molar-refractivity contribution >= 4 is 11.8 Å². The van der Waals surface area contributed by atoms with Gasteiger partial charge in [-0.1, -0.05) is 67.6 Å². The van der Waals surface area contributed by atoms with Crippen molar-refractivity contribution in [1.29, 1.82) is 0 Å². The van der Waals surface area contributed by atoms with Gasteiger partial charge in [-0.3, -0.25) is 14.7 Å². The van der Waals surface area contributed by atoms with Gasteiger partial charge in [-0.2, -0.15) is 5.10 Å². The third-order valence-corrected chi connectivity index (χ3v) is 5.88. The second-order valence-electron chi connectivity index (χ2n) is 7.88. The molecule has 1 aliphatic rings. The highest BCUT2D eigenvalue weighted by molar-refractivity contribution is 5.96. The van der Waals surface area contributed by atoms with Gasteiger partial charge in [0.1, 0.15) is 5.54 Å². The Kier molecular flexibility index (Phi) is 5.40. The second kappa shape index (κ2) is 8.14. The van der Waals surface area contributed by atoms with Gasteiger partial charge in [-0.15, -0.1) is 0 Å². The Bertz CT molecular complexity index is 1020. The molecule has 3 aromatic rings. The lowest BCUT2D eigenvalue weighted by atomic mass is 9.80. The van der Waals surface area contributed by atoms with Crippen molar-refractivity contribution in [2.45, 2.75) is 31.7 Å². The lowest BCUT2D eigenvalue weighted by Gasteiger charge is -2.51. The Morgan fingerprint density at radius 1 is 1.10 bits per heavy atom. The predicted molar refractivity (Wildman–Crippen MR) is 115 cm³/mol. The highest BCUT2D eigenvalue weighted by Crippen LogP contribution is 2.34. The first kappa shape index (κ1) is 19.9. The molecule has 2 aromatic carbocycles. The van der Waals surface area contributed by atoms with E-state index in [1.165, 1.54) is 0 Å². The van der Waals surface area contributed by atoms with Crippen molar-refractivity contribution in [3.05, 3.63) is 89.2 Å². The summed E-state index contributed by atoms with van der Waals surface area (Å²) in [6.45, 7) is 4.71. The van der Waals surface area contributed by atoms with Gasteiger partial charge in [0, 0.05) is 5.69 Å². The highest BCUT2D eigenvalue weighted by atomic mass is 16.2. The molecule has 0 bridgehead atoms. The van der Waals surface area contributed by atoms with Crippen LogP contribution in [0.1, 0.15) is 46.4 Å². The quantitative estimate of drug-likeness (QED) is 0.664. The third kappa shape index (κ3) is 3.61. The van der Waals surface area contributed by atoms with Crippen LogP contribution in [0.3, 0.4) is 0 Å². The van der Waals surface area contributed by atoms with Crippen LogP contribution in [0.25, 0.3) is 0 Å². The molecule has 6 heteroatoms. The van der Waals surface area contributed by atoms with E-state index in [2.05, 4.69) is 15.5 Å². The summed E-state index contributed by atoms with van der Waals surface area (Å²) in [5, 5.41) is 10.0. The molecule has 0 aliphatic carbocycles. The molecular weight excluding hydrogens is 376 g/mol. The minimum Gasteiger partial charge on any atom is -0.342 e. The summed E-state index contributed by atoms with van der Waals surface area (Å²) >= 11 is 0. The van der Waals surface area contributed by atoms with Gasteiger partial charge in [0.15, 0.2) is 0 Å². The van der Waals surface area contributed by atoms with E-state index in [1.807, 2.05) is 74.5 Å². The molecule has 2 heterocycles. The smallest absolute Gasteiger partial charge is 0.257 e. The Balaban J connectivity index is 1.57. The number of aromatic amines is 1. The summed E-state index contributed by atoms with van der Waals surface area (Å²) in [4.78, 5) is 27.9. The van der Waals surface area contributed by atoms with Gasteiger partial charge in [0.25, 0.3) is 5.91 Å². The van der Waals surface area contributed by atoms with Crippen LogP contribution >= 0.6 is 0 Å². The highest BCUT2D eigenvalue weighted by Gasteiger charge is 2.48. The van der Waals surface area contributed by atoms with Gasteiger partial charge in [0.05, 0.1) is 30.8 Å². The van der Waals surface area contributed by atoms with Crippen LogP contribution < -0.4 is 5.32 Å². The maximum Gasteiger partial charge on any atom is 0.257 e. The minimum absolute atomic E-state index is 0.0147. The molecule has 1 aliphatic heterocycles. The number of carbonyl (C=O) groups is 2. The number of benzene rings is 2. The molecule has 0 spiro atoms. The maximum atomic E-state index is 13.3. The van der Waals surface area contributed by atoms with E-state index in [-0.39, 0.29) is 17.7 Å². The van der Waals surface area contributed by atoms with E-state index in [0.717, 1.165) is 16.8 Å². The molecule has 1 saturated heterocycles. The summed E-state index contributed by atoms with van der Waals surface area (Å²) in [6.07, 6.45) is 2.26. The fraction of sp³-hybridized carbons (Fsp3) is 0.292. The number of aromatic nitrogens is 2. The molecule has 1 unspecified atom stereocenters. The number of aryl methyl sites for hydroxylation is 1. The average molecular weight is 402 g/mol. The first-order chi connectivity index (χ1) is 14.5. The van der Waals surface area contributed by atoms with Crippen molar-refractivity contribution in [1.82, 2.24) is 20.4 Å². The second-order valence-corrected chi connectivity index (χ2v) is 7.88. The maximum absolute atomic E-state index is 13.3. The van der Waals surface area contributed by atoms with E-state index in [1.54, 1.807) is 11.1 Å². The first-order valence-corrected chi connectivity index (χ1v) is 10.3. The van der Waals surface area contributed by atoms with Gasteiger partial charge in [-0.05, 0) is 24.5 Å². The first-order valence-electron chi connectivity index (χ1n) is 10.3. The largest absolute Gasteiger partial charge is 0.342 e. The molecule has 4 rings (SSSR count). The third-order valence-electron chi connectivity index (χ3n) is 5.88. The molecule has 30 heavy (non-hydrogen) atoms. The van der Waals surface area contributed by atoms with Crippen LogP contribution in [-0.4, -0.2) is 40.0 Å². The van der Waals surface area contributed by atoms with Gasteiger partial charge in [-0.25, -0.2) is 0 Å². The topological polar surface area (TPSA) is 78.1 Å². The van der Waals surface area contributed by atoms with Crippen molar-refractivity contribution in [2.24, 2.45) is 0 Å². The van der Waals surface area contributed by atoms with Crippen molar-refractivity contribution in [2.75, 3.05) is 13.1 Å². The Morgan fingerprint density at radius 2 is 1.73 bits per heavy atom. The molecule has 154 valence electrons. The molecule has 1 atom stereocenters. The number of nitrogens with zero attached hydrogens (tertiary/aromatic N) is 2.